The van der Waals surface area contributed by atoms with Gasteiger partial charge in [-0.2, -0.15) is 0 Å². The van der Waals surface area contributed by atoms with E-state index < -0.39 is 0 Å². The number of nitrogens with zero attached hydrogens (tertiary/aromatic N) is 3. The van der Waals surface area contributed by atoms with Gasteiger partial charge in [0.2, 0.25) is 0 Å². The summed E-state index contributed by atoms with van der Waals surface area (Å²) in [6.45, 7) is 4.65. The summed E-state index contributed by atoms with van der Waals surface area (Å²) in [7, 11) is 2.05. The van der Waals surface area contributed by atoms with E-state index in [1.54, 1.807) is 5.01 Å². The molecule has 0 amide bonds. The normalized spacial score (nSPS) is 28.6. The van der Waals surface area contributed by atoms with Crippen molar-refractivity contribution in [3.8, 4) is 0 Å². The van der Waals surface area contributed by atoms with E-state index in [0.717, 1.165) is 19.6 Å². The third kappa shape index (κ3) is 1.44. The van der Waals surface area contributed by atoms with Gasteiger partial charge in [-0.15, -0.1) is 4.91 Å². The molecule has 0 spiro atoms. The quantitative estimate of drug-likeness (QED) is 0.495. The summed E-state index contributed by atoms with van der Waals surface area (Å²) in [4.78, 5) is 12.3. The molecule has 0 aromatic carbocycles. The van der Waals surface area contributed by atoms with Crippen molar-refractivity contribution in [3.05, 3.63) is 4.91 Å². The Kier molecular flexibility index (Phi) is 2.21. The molecule has 58 valence electrons. The highest BCUT2D eigenvalue weighted by Crippen LogP contribution is 2.06. The maximum atomic E-state index is 10.1. The zero-order chi connectivity index (χ0) is 7.56. The fourth-order valence-corrected chi connectivity index (χ4v) is 1.25. The van der Waals surface area contributed by atoms with Crippen LogP contribution in [0.4, 0.5) is 0 Å². The van der Waals surface area contributed by atoms with E-state index >= 15 is 0 Å². The monoisotopic (exact) mass is 143 g/mol. The van der Waals surface area contributed by atoms with Crippen LogP contribution >= 0.6 is 0 Å². The second-order valence-corrected chi connectivity index (χ2v) is 2.86. The van der Waals surface area contributed by atoms with Crippen LogP contribution in [-0.2, 0) is 0 Å². The van der Waals surface area contributed by atoms with Crippen molar-refractivity contribution in [2.45, 2.75) is 13.0 Å². The van der Waals surface area contributed by atoms with Gasteiger partial charge in [-0.3, -0.25) is 5.01 Å². The second kappa shape index (κ2) is 2.96. The molecular formula is C6H13N3O. The Morgan fingerprint density at radius 2 is 2.20 bits per heavy atom. The van der Waals surface area contributed by atoms with Crippen molar-refractivity contribution in [2.75, 3.05) is 26.7 Å². The molecule has 0 radical (unpaired) electrons. The minimum Gasteiger partial charge on any atom is -0.302 e. The first-order valence-electron chi connectivity index (χ1n) is 3.52. The lowest BCUT2D eigenvalue weighted by atomic mass is 10.2. The lowest BCUT2D eigenvalue weighted by molar-refractivity contribution is 0.102. The molecule has 1 saturated heterocycles. The third-order valence-corrected chi connectivity index (χ3v) is 1.90. The summed E-state index contributed by atoms with van der Waals surface area (Å²) < 4.78 is 0. The van der Waals surface area contributed by atoms with Gasteiger partial charge in [-0.25, -0.2) is 0 Å². The van der Waals surface area contributed by atoms with Crippen LogP contribution in [0, 0.1) is 4.91 Å². The maximum absolute atomic E-state index is 10.1. The van der Waals surface area contributed by atoms with Crippen LogP contribution in [0.5, 0.6) is 0 Å². The van der Waals surface area contributed by atoms with E-state index in [9.17, 15) is 4.91 Å². The minimum atomic E-state index is 0.274. The molecule has 10 heavy (non-hydrogen) atoms. The number of likely N-dealkylation sites (N-methyl/N-ethyl adjacent to an activating group) is 1. The molecule has 0 saturated carbocycles. The Hall–Kier alpha value is -0.640. The van der Waals surface area contributed by atoms with E-state index in [1.807, 2.05) is 6.92 Å². The molecule has 4 heteroatoms. The Labute approximate surface area is 60.7 Å². The van der Waals surface area contributed by atoms with Crippen LogP contribution in [-0.4, -0.2) is 42.6 Å². The first-order chi connectivity index (χ1) is 4.74. The topological polar surface area (TPSA) is 35.9 Å². The highest BCUT2D eigenvalue weighted by Gasteiger charge is 2.20. The first-order valence-corrected chi connectivity index (χ1v) is 3.52. The molecule has 0 aliphatic carbocycles. The smallest absolute Gasteiger partial charge is 0.0601 e. The second-order valence-electron chi connectivity index (χ2n) is 2.86. The molecule has 0 aromatic rings. The van der Waals surface area contributed by atoms with Gasteiger partial charge in [0, 0.05) is 13.1 Å². The lowest BCUT2D eigenvalue weighted by Gasteiger charge is -2.33. The molecule has 4 nitrogen and oxygen atoms in total. The van der Waals surface area contributed by atoms with Crippen LogP contribution in [0.3, 0.4) is 0 Å². The number of nitroso groups, excluding NO2 is 1. The summed E-state index contributed by atoms with van der Waals surface area (Å²) in [6, 6.07) is 0.274. The van der Waals surface area contributed by atoms with E-state index in [-0.39, 0.29) is 6.04 Å². The summed E-state index contributed by atoms with van der Waals surface area (Å²) >= 11 is 0. The molecular weight excluding hydrogens is 130 g/mol. The standard InChI is InChI=1S/C6H13N3O/c1-6-5-8(2)3-4-9(6)7-10/h6H,3-5H2,1-2H3. The van der Waals surface area contributed by atoms with Crippen LogP contribution in [0.2, 0.25) is 0 Å². The first kappa shape index (κ1) is 7.47. The Morgan fingerprint density at radius 1 is 1.50 bits per heavy atom. The zero-order valence-corrected chi connectivity index (χ0v) is 6.45. The van der Waals surface area contributed by atoms with Crippen molar-refractivity contribution in [3.63, 3.8) is 0 Å². The fourth-order valence-electron chi connectivity index (χ4n) is 1.25. The Balaban J connectivity index is 2.43. The van der Waals surface area contributed by atoms with E-state index in [4.69, 9.17) is 0 Å². The number of hydrogen-bond acceptors (Lipinski definition) is 3. The van der Waals surface area contributed by atoms with Gasteiger partial charge in [-0.05, 0) is 14.0 Å². The lowest BCUT2D eigenvalue weighted by Crippen LogP contribution is -2.47. The number of rotatable bonds is 1. The van der Waals surface area contributed by atoms with Crippen LogP contribution < -0.4 is 0 Å². The van der Waals surface area contributed by atoms with Gasteiger partial charge in [-0.1, -0.05) is 0 Å². The molecule has 1 rings (SSSR count). The largest absolute Gasteiger partial charge is 0.302 e. The van der Waals surface area contributed by atoms with Crippen molar-refractivity contribution in [1.82, 2.24) is 9.91 Å². The summed E-state index contributed by atoms with van der Waals surface area (Å²) in [6.07, 6.45) is 0. The highest BCUT2D eigenvalue weighted by molar-refractivity contribution is 4.73. The molecule has 1 atom stereocenters. The summed E-state index contributed by atoms with van der Waals surface area (Å²) in [5.41, 5.74) is 0. The van der Waals surface area contributed by atoms with Gasteiger partial charge in [0.1, 0.15) is 0 Å². The van der Waals surface area contributed by atoms with Crippen LogP contribution in [0.1, 0.15) is 6.92 Å². The number of piperazine rings is 1. The maximum Gasteiger partial charge on any atom is 0.0601 e. The molecule has 1 fully saturated rings. The predicted molar refractivity (Wildman–Crippen MR) is 39.5 cm³/mol. The van der Waals surface area contributed by atoms with Crippen molar-refractivity contribution >= 4 is 0 Å². The molecule has 1 unspecified atom stereocenters. The van der Waals surface area contributed by atoms with Gasteiger partial charge in [0.25, 0.3) is 0 Å². The summed E-state index contributed by atoms with van der Waals surface area (Å²) in [5, 5.41) is 4.52. The fraction of sp³-hybridized carbons (Fsp3) is 1.00. The molecule has 1 aliphatic heterocycles. The van der Waals surface area contributed by atoms with E-state index in [2.05, 4.69) is 17.2 Å². The summed E-state index contributed by atoms with van der Waals surface area (Å²) in [5.74, 6) is 0. The average Bonchev–Trinajstić information content (AvgIpc) is 1.88. The zero-order valence-electron chi connectivity index (χ0n) is 6.45. The third-order valence-electron chi connectivity index (χ3n) is 1.90. The average molecular weight is 143 g/mol. The Bertz CT molecular complexity index is 128. The molecule has 1 heterocycles. The van der Waals surface area contributed by atoms with Gasteiger partial charge >= 0.3 is 0 Å². The SMILES string of the molecule is CC1CN(C)CCN1N=O. The van der Waals surface area contributed by atoms with Crippen molar-refractivity contribution < 1.29 is 0 Å². The molecule has 1 aliphatic rings. The minimum absolute atomic E-state index is 0.274. The Morgan fingerprint density at radius 3 is 2.70 bits per heavy atom. The van der Waals surface area contributed by atoms with Crippen molar-refractivity contribution in [1.29, 1.82) is 0 Å². The number of hydrogen-bond donors (Lipinski definition) is 0. The van der Waals surface area contributed by atoms with Crippen LogP contribution in [0.25, 0.3) is 0 Å². The van der Waals surface area contributed by atoms with E-state index in [0.29, 0.717) is 0 Å². The molecule has 0 bridgehead atoms. The predicted octanol–water partition coefficient (Wildman–Crippen LogP) is 0.304. The highest BCUT2D eigenvalue weighted by atomic mass is 16.3. The van der Waals surface area contributed by atoms with Gasteiger partial charge < -0.3 is 4.90 Å². The van der Waals surface area contributed by atoms with Crippen molar-refractivity contribution in [2.24, 2.45) is 5.29 Å². The van der Waals surface area contributed by atoms with Gasteiger partial charge in [0.15, 0.2) is 0 Å². The van der Waals surface area contributed by atoms with Crippen LogP contribution in [0.15, 0.2) is 5.29 Å². The molecule has 0 N–H and O–H groups in total. The van der Waals surface area contributed by atoms with Gasteiger partial charge in [0.05, 0.1) is 17.9 Å². The molecule has 0 aromatic heterocycles. The van der Waals surface area contributed by atoms with E-state index in [1.165, 1.54) is 0 Å².